The second kappa shape index (κ2) is 7.25. The number of hydrogen-bond acceptors (Lipinski definition) is 6. The zero-order chi connectivity index (χ0) is 20.6. The molecule has 148 valence electrons. The van der Waals surface area contributed by atoms with Crippen LogP contribution in [-0.2, 0) is 28.4 Å². The molecule has 0 aliphatic heterocycles. The summed E-state index contributed by atoms with van der Waals surface area (Å²) in [5.74, 6) is -0.875. The van der Waals surface area contributed by atoms with Crippen molar-refractivity contribution in [3.8, 4) is 0 Å². The van der Waals surface area contributed by atoms with Gasteiger partial charge in [-0.3, -0.25) is 4.79 Å². The Labute approximate surface area is 161 Å². The molecule has 1 aromatic carbocycles. The van der Waals surface area contributed by atoms with Gasteiger partial charge in [0.05, 0.1) is 18.1 Å². The van der Waals surface area contributed by atoms with Crippen molar-refractivity contribution in [2.45, 2.75) is 25.3 Å². The second-order valence-electron chi connectivity index (χ2n) is 6.32. The Kier molecular flexibility index (Phi) is 5.14. The van der Waals surface area contributed by atoms with Gasteiger partial charge in [0.25, 0.3) is 15.6 Å². The summed E-state index contributed by atoms with van der Waals surface area (Å²) >= 11 is 0. The molecule has 0 bridgehead atoms. The molecule has 0 aliphatic rings. The monoisotopic (exact) mass is 404 g/mol. The summed E-state index contributed by atoms with van der Waals surface area (Å²) in [6, 6.07) is 7.34. The second-order valence-corrected chi connectivity index (χ2v) is 8.11. The maximum atomic E-state index is 13.4. The average Bonchev–Trinajstić information content (AvgIpc) is 3.07. The van der Waals surface area contributed by atoms with Gasteiger partial charge in [0.15, 0.2) is 0 Å². The van der Waals surface area contributed by atoms with Gasteiger partial charge in [-0.05, 0) is 32.0 Å². The Morgan fingerprint density at radius 3 is 2.43 bits per heavy atom. The minimum atomic E-state index is -4.28. The fourth-order valence-corrected chi connectivity index (χ4v) is 4.50. The van der Waals surface area contributed by atoms with Gasteiger partial charge in [0.2, 0.25) is 0 Å². The highest BCUT2D eigenvalue weighted by atomic mass is 32.2. The van der Waals surface area contributed by atoms with Crippen LogP contribution >= 0.6 is 0 Å². The zero-order valence-electron chi connectivity index (χ0n) is 15.7. The Morgan fingerprint density at radius 1 is 1.21 bits per heavy atom. The summed E-state index contributed by atoms with van der Waals surface area (Å²) in [5.41, 5.74) is 0.0625. The number of benzene rings is 1. The lowest BCUT2D eigenvalue weighted by Crippen LogP contribution is -2.25. The van der Waals surface area contributed by atoms with Crippen LogP contribution in [0.25, 0.3) is 10.9 Å². The molecule has 2 heterocycles. The summed E-state index contributed by atoms with van der Waals surface area (Å²) in [6.45, 7) is 3.02. The lowest BCUT2D eigenvalue weighted by molar-refractivity contribution is 0.0518. The highest BCUT2D eigenvalue weighted by Gasteiger charge is 2.30. The minimum Gasteiger partial charge on any atom is -0.461 e. The summed E-state index contributed by atoms with van der Waals surface area (Å²) in [4.78, 5) is 25.2. The molecule has 0 atom stereocenters. The van der Waals surface area contributed by atoms with Crippen molar-refractivity contribution in [2.24, 2.45) is 7.05 Å². The predicted octanol–water partition coefficient (Wildman–Crippen LogP) is 1.55. The standard InChI is InChI=1S/C19H20N2O6S/c1-4-27-19(24)16-9-15-13(11-22)10-20(3)18(23)17(15)21(16)28(25,26)14-7-5-12(2)6-8-14/h5-10,22H,4,11H2,1-3H3. The maximum Gasteiger partial charge on any atom is 0.356 e. The molecule has 8 nitrogen and oxygen atoms in total. The number of fused-ring (bicyclic) bond motifs is 1. The predicted molar refractivity (Wildman–Crippen MR) is 103 cm³/mol. The van der Waals surface area contributed by atoms with Crippen molar-refractivity contribution in [1.29, 1.82) is 0 Å². The number of hydrogen-bond donors (Lipinski definition) is 1. The molecular formula is C19H20N2O6S. The number of aryl methyl sites for hydroxylation is 2. The molecule has 9 heteroatoms. The van der Waals surface area contributed by atoms with Crippen LogP contribution in [0.2, 0.25) is 0 Å². The van der Waals surface area contributed by atoms with Gasteiger partial charge in [-0.2, -0.15) is 0 Å². The first-order valence-corrected chi connectivity index (χ1v) is 10.0. The van der Waals surface area contributed by atoms with Crippen LogP contribution < -0.4 is 5.56 Å². The van der Waals surface area contributed by atoms with Crippen molar-refractivity contribution in [3.63, 3.8) is 0 Å². The zero-order valence-corrected chi connectivity index (χ0v) is 16.5. The summed E-state index contributed by atoms with van der Waals surface area (Å²) in [6.07, 6.45) is 1.41. The van der Waals surface area contributed by atoms with Gasteiger partial charge < -0.3 is 14.4 Å². The van der Waals surface area contributed by atoms with E-state index in [1.54, 1.807) is 19.1 Å². The van der Waals surface area contributed by atoms with E-state index in [2.05, 4.69) is 0 Å². The molecule has 28 heavy (non-hydrogen) atoms. The van der Waals surface area contributed by atoms with Crippen LogP contribution in [-0.4, -0.2) is 34.6 Å². The molecule has 0 saturated carbocycles. The lowest BCUT2D eigenvalue weighted by Gasteiger charge is -2.12. The molecule has 0 amide bonds. The normalized spacial score (nSPS) is 11.7. The van der Waals surface area contributed by atoms with E-state index in [0.717, 1.165) is 5.56 Å². The van der Waals surface area contributed by atoms with Crippen molar-refractivity contribution in [1.82, 2.24) is 8.54 Å². The first kappa shape index (κ1) is 19.8. The molecule has 0 fully saturated rings. The lowest BCUT2D eigenvalue weighted by atomic mass is 10.2. The van der Waals surface area contributed by atoms with Gasteiger partial charge in [-0.15, -0.1) is 0 Å². The maximum absolute atomic E-state index is 13.4. The molecule has 0 aliphatic carbocycles. The molecular weight excluding hydrogens is 384 g/mol. The molecule has 0 spiro atoms. The molecule has 0 radical (unpaired) electrons. The Balaban J connectivity index is 2.47. The Bertz CT molecular complexity index is 1220. The van der Waals surface area contributed by atoms with Gasteiger partial charge in [-0.25, -0.2) is 17.2 Å². The van der Waals surface area contributed by atoms with E-state index >= 15 is 0 Å². The van der Waals surface area contributed by atoms with Crippen molar-refractivity contribution in [2.75, 3.05) is 6.61 Å². The van der Waals surface area contributed by atoms with E-state index < -0.39 is 28.2 Å². The number of esters is 1. The first-order chi connectivity index (χ1) is 13.2. The molecule has 2 aromatic heterocycles. The minimum absolute atomic E-state index is 0.0375. The Hall–Kier alpha value is -2.91. The van der Waals surface area contributed by atoms with Gasteiger partial charge in [0.1, 0.15) is 11.2 Å². The van der Waals surface area contributed by atoms with E-state index in [9.17, 15) is 23.1 Å². The average molecular weight is 404 g/mol. The largest absolute Gasteiger partial charge is 0.461 e. The molecule has 3 rings (SSSR count). The third-order valence-electron chi connectivity index (χ3n) is 4.39. The summed E-state index contributed by atoms with van der Waals surface area (Å²) < 4.78 is 33.6. The molecule has 3 aromatic rings. The highest BCUT2D eigenvalue weighted by molar-refractivity contribution is 7.90. The molecule has 0 unspecified atom stereocenters. The van der Waals surface area contributed by atoms with Crippen molar-refractivity contribution < 1.29 is 23.1 Å². The Morgan fingerprint density at radius 2 is 1.86 bits per heavy atom. The van der Waals surface area contributed by atoms with Crippen molar-refractivity contribution in [3.05, 3.63) is 63.7 Å². The first-order valence-electron chi connectivity index (χ1n) is 8.56. The number of aliphatic hydroxyl groups is 1. The number of rotatable bonds is 5. The fraction of sp³-hybridized carbons (Fsp3) is 0.263. The summed E-state index contributed by atoms with van der Waals surface area (Å²) in [5, 5.41) is 9.84. The van der Waals surface area contributed by atoms with Crippen LogP contribution in [0.3, 0.4) is 0 Å². The van der Waals surface area contributed by atoms with Crippen LogP contribution in [0.1, 0.15) is 28.5 Å². The van der Waals surface area contributed by atoms with Crippen LogP contribution in [0, 0.1) is 6.92 Å². The smallest absolute Gasteiger partial charge is 0.356 e. The molecule has 0 saturated heterocycles. The van der Waals surface area contributed by atoms with E-state index in [1.807, 2.05) is 6.92 Å². The number of carbonyl (C=O) groups excluding carboxylic acids is 1. The SMILES string of the molecule is CCOC(=O)c1cc2c(CO)cn(C)c(=O)c2n1S(=O)(=O)c1ccc(C)cc1. The van der Waals surface area contributed by atoms with Crippen LogP contribution in [0.4, 0.5) is 0 Å². The topological polar surface area (TPSA) is 108 Å². The number of ether oxygens (including phenoxy) is 1. The van der Waals surface area contributed by atoms with E-state index in [-0.39, 0.29) is 28.1 Å². The van der Waals surface area contributed by atoms with Gasteiger partial charge in [0, 0.05) is 24.2 Å². The third-order valence-corrected chi connectivity index (χ3v) is 6.12. The number of aromatic nitrogens is 2. The van der Waals surface area contributed by atoms with Gasteiger partial charge >= 0.3 is 5.97 Å². The third kappa shape index (κ3) is 3.12. The highest BCUT2D eigenvalue weighted by Crippen LogP contribution is 2.27. The number of aliphatic hydroxyl groups excluding tert-OH is 1. The molecule has 1 N–H and O–H groups in total. The number of carbonyl (C=O) groups is 1. The van der Waals surface area contributed by atoms with Crippen LogP contribution in [0.15, 0.2) is 46.2 Å². The number of nitrogens with zero attached hydrogens (tertiary/aromatic N) is 2. The van der Waals surface area contributed by atoms with E-state index in [0.29, 0.717) is 9.54 Å². The summed E-state index contributed by atoms with van der Waals surface area (Å²) in [7, 11) is -2.83. The van der Waals surface area contributed by atoms with Crippen LogP contribution in [0.5, 0.6) is 0 Å². The quantitative estimate of drug-likeness (QED) is 0.647. The fourth-order valence-electron chi connectivity index (χ4n) is 3.01. The van der Waals surface area contributed by atoms with Crippen molar-refractivity contribution >= 4 is 26.9 Å². The number of pyridine rings is 1. The van der Waals surface area contributed by atoms with Gasteiger partial charge in [-0.1, -0.05) is 17.7 Å². The van der Waals surface area contributed by atoms with E-state index in [4.69, 9.17) is 4.74 Å². The van der Waals surface area contributed by atoms with E-state index in [1.165, 1.54) is 36.0 Å².